The first-order chi connectivity index (χ1) is 7.69. The molecular weight excluding hydrogens is 214 g/mol. The van der Waals surface area contributed by atoms with E-state index >= 15 is 0 Å². The number of hydrogen-bond acceptors (Lipinski definition) is 2. The van der Waals surface area contributed by atoms with Gasteiger partial charge in [-0.25, -0.2) is 8.78 Å². The van der Waals surface area contributed by atoms with Crippen molar-refractivity contribution in [3.05, 3.63) is 45.8 Å². The number of rotatable bonds is 3. The minimum absolute atomic E-state index is 0.00953. The smallest absolute Gasteiger partial charge is 0.159 e. The van der Waals surface area contributed by atoms with Crippen molar-refractivity contribution < 1.29 is 8.78 Å². The Morgan fingerprint density at radius 1 is 1.38 bits per heavy atom. The number of nitrogens with zero attached hydrogens (tertiary/aromatic N) is 4. The van der Waals surface area contributed by atoms with Crippen molar-refractivity contribution >= 4 is 0 Å². The van der Waals surface area contributed by atoms with Gasteiger partial charge in [0.1, 0.15) is 0 Å². The van der Waals surface area contributed by atoms with Gasteiger partial charge < -0.3 is 0 Å². The van der Waals surface area contributed by atoms with E-state index in [9.17, 15) is 8.78 Å². The molecule has 6 heteroatoms. The van der Waals surface area contributed by atoms with Crippen molar-refractivity contribution in [1.29, 1.82) is 0 Å². The average molecular weight is 224 g/mol. The van der Waals surface area contributed by atoms with E-state index in [0.29, 0.717) is 19.6 Å². The van der Waals surface area contributed by atoms with Crippen molar-refractivity contribution in [3.63, 3.8) is 0 Å². The summed E-state index contributed by atoms with van der Waals surface area (Å²) in [6.07, 6.45) is 0. The fraction of sp³-hybridized carbons (Fsp3) is 0.400. The Bertz CT molecular complexity index is 436. The highest BCUT2D eigenvalue weighted by molar-refractivity contribution is 5.18. The zero-order valence-electron chi connectivity index (χ0n) is 8.48. The van der Waals surface area contributed by atoms with Gasteiger partial charge in [-0.1, -0.05) is 11.2 Å². The van der Waals surface area contributed by atoms with Crippen molar-refractivity contribution in [3.8, 4) is 0 Å². The molecule has 16 heavy (non-hydrogen) atoms. The topological polar surface area (TPSA) is 52.0 Å². The highest BCUT2D eigenvalue weighted by atomic mass is 19.2. The summed E-state index contributed by atoms with van der Waals surface area (Å²) >= 11 is 0. The van der Waals surface area contributed by atoms with Crippen LogP contribution >= 0.6 is 0 Å². The summed E-state index contributed by atoms with van der Waals surface area (Å²) in [4.78, 5) is 4.72. The second kappa shape index (κ2) is 4.47. The van der Waals surface area contributed by atoms with E-state index in [1.807, 2.05) is 4.90 Å². The van der Waals surface area contributed by atoms with Gasteiger partial charge in [0.15, 0.2) is 11.6 Å². The maximum absolute atomic E-state index is 12.9. The minimum atomic E-state index is -0.834. The third kappa shape index (κ3) is 2.29. The Morgan fingerprint density at radius 3 is 2.75 bits per heavy atom. The van der Waals surface area contributed by atoms with Crippen LogP contribution in [-0.2, 0) is 6.54 Å². The van der Waals surface area contributed by atoms with Gasteiger partial charge in [-0.2, -0.15) is 0 Å². The normalized spacial score (nSPS) is 16.6. The highest BCUT2D eigenvalue weighted by Crippen LogP contribution is 2.17. The maximum Gasteiger partial charge on any atom is 0.159 e. The third-order valence-corrected chi connectivity index (χ3v) is 2.54. The van der Waals surface area contributed by atoms with Gasteiger partial charge in [0.25, 0.3) is 0 Å². The summed E-state index contributed by atoms with van der Waals surface area (Å²) in [5.41, 5.74) is 8.91. The average Bonchev–Trinajstić information content (AvgIpc) is 2.20. The lowest BCUT2D eigenvalue weighted by molar-refractivity contribution is 0.142. The Kier molecular flexibility index (Phi) is 3.03. The maximum atomic E-state index is 12.9. The second-order valence-corrected chi connectivity index (χ2v) is 3.80. The molecule has 0 amide bonds. The molecule has 1 aliphatic rings. The van der Waals surface area contributed by atoms with E-state index in [4.69, 9.17) is 5.53 Å². The third-order valence-electron chi connectivity index (χ3n) is 2.54. The van der Waals surface area contributed by atoms with Gasteiger partial charge in [-0.05, 0) is 23.2 Å². The van der Waals surface area contributed by atoms with Crippen LogP contribution in [-0.4, -0.2) is 24.0 Å². The molecule has 1 saturated heterocycles. The number of halogens is 2. The molecular formula is C10H10F2N4. The van der Waals surface area contributed by atoms with Crippen LogP contribution in [0.4, 0.5) is 8.78 Å². The summed E-state index contributed by atoms with van der Waals surface area (Å²) < 4.78 is 25.5. The zero-order valence-corrected chi connectivity index (χ0v) is 8.48. The molecule has 1 aromatic rings. The fourth-order valence-electron chi connectivity index (χ4n) is 1.71. The zero-order chi connectivity index (χ0) is 11.5. The first-order valence-corrected chi connectivity index (χ1v) is 4.89. The fourth-order valence-corrected chi connectivity index (χ4v) is 1.71. The lowest BCUT2D eigenvalue weighted by atomic mass is 10.1. The summed E-state index contributed by atoms with van der Waals surface area (Å²) in [5.74, 6) is -1.66. The van der Waals surface area contributed by atoms with E-state index in [1.54, 1.807) is 6.07 Å². The predicted molar refractivity (Wildman–Crippen MR) is 54.6 cm³/mol. The van der Waals surface area contributed by atoms with Gasteiger partial charge in [0.2, 0.25) is 0 Å². The molecule has 0 aliphatic carbocycles. The van der Waals surface area contributed by atoms with Gasteiger partial charge in [-0.15, -0.1) is 0 Å². The Hall–Kier alpha value is -1.65. The monoisotopic (exact) mass is 224 g/mol. The van der Waals surface area contributed by atoms with Crippen LogP contribution in [0.2, 0.25) is 0 Å². The molecule has 0 N–H and O–H groups in total. The van der Waals surface area contributed by atoms with Crippen LogP contribution in [0, 0.1) is 11.6 Å². The van der Waals surface area contributed by atoms with E-state index < -0.39 is 11.6 Å². The number of benzene rings is 1. The Morgan fingerprint density at radius 2 is 2.12 bits per heavy atom. The minimum Gasteiger partial charge on any atom is -0.298 e. The standard InChI is InChI=1S/C10H10F2N4/c11-9-2-1-7(3-10(9)12)4-16-5-8(6-16)14-15-13/h1-3,8H,4-6H2. The van der Waals surface area contributed by atoms with Crippen LogP contribution in [0.15, 0.2) is 23.3 Å². The largest absolute Gasteiger partial charge is 0.298 e. The molecule has 0 radical (unpaired) electrons. The lowest BCUT2D eigenvalue weighted by Crippen LogP contribution is -2.48. The molecule has 0 saturated carbocycles. The second-order valence-electron chi connectivity index (χ2n) is 3.80. The molecule has 0 atom stereocenters. The molecule has 1 fully saturated rings. The van der Waals surface area contributed by atoms with Gasteiger partial charge in [0, 0.05) is 24.5 Å². The SMILES string of the molecule is [N-]=[N+]=NC1CN(Cc2ccc(F)c(F)c2)C1. The molecule has 84 valence electrons. The van der Waals surface area contributed by atoms with E-state index in [1.165, 1.54) is 6.07 Å². The number of azide groups is 1. The van der Waals surface area contributed by atoms with Gasteiger partial charge in [0.05, 0.1) is 6.04 Å². The van der Waals surface area contributed by atoms with Crippen LogP contribution in [0.25, 0.3) is 10.4 Å². The molecule has 2 rings (SSSR count). The first kappa shape index (κ1) is 10.9. The summed E-state index contributed by atoms with van der Waals surface area (Å²) in [6, 6.07) is 3.88. The summed E-state index contributed by atoms with van der Waals surface area (Å²) in [7, 11) is 0. The Balaban J connectivity index is 1.91. The molecule has 0 unspecified atom stereocenters. The molecule has 0 bridgehead atoms. The molecule has 0 aromatic heterocycles. The van der Waals surface area contributed by atoms with E-state index in [0.717, 1.165) is 11.6 Å². The van der Waals surface area contributed by atoms with E-state index in [-0.39, 0.29) is 6.04 Å². The number of hydrogen-bond donors (Lipinski definition) is 0. The molecule has 4 nitrogen and oxygen atoms in total. The predicted octanol–water partition coefficient (Wildman–Crippen LogP) is 2.46. The van der Waals surface area contributed by atoms with Crippen LogP contribution in [0.5, 0.6) is 0 Å². The van der Waals surface area contributed by atoms with Crippen molar-refractivity contribution in [2.75, 3.05) is 13.1 Å². The lowest BCUT2D eigenvalue weighted by Gasteiger charge is -2.36. The Labute approximate surface area is 91.1 Å². The van der Waals surface area contributed by atoms with Gasteiger partial charge >= 0.3 is 0 Å². The number of likely N-dealkylation sites (tertiary alicyclic amines) is 1. The molecule has 1 aromatic carbocycles. The quantitative estimate of drug-likeness (QED) is 0.442. The van der Waals surface area contributed by atoms with Gasteiger partial charge in [-0.3, -0.25) is 4.90 Å². The summed E-state index contributed by atoms with van der Waals surface area (Å²) in [5, 5.41) is 3.56. The molecule has 1 heterocycles. The van der Waals surface area contributed by atoms with Crippen molar-refractivity contribution in [2.24, 2.45) is 5.11 Å². The van der Waals surface area contributed by atoms with E-state index in [2.05, 4.69) is 10.0 Å². The molecule has 1 aliphatic heterocycles. The van der Waals surface area contributed by atoms with Crippen molar-refractivity contribution in [1.82, 2.24) is 4.90 Å². The highest BCUT2D eigenvalue weighted by Gasteiger charge is 2.25. The molecule has 0 spiro atoms. The van der Waals surface area contributed by atoms with Crippen molar-refractivity contribution in [2.45, 2.75) is 12.6 Å². The van der Waals surface area contributed by atoms with Crippen LogP contribution in [0.3, 0.4) is 0 Å². The van der Waals surface area contributed by atoms with Crippen LogP contribution in [0.1, 0.15) is 5.56 Å². The summed E-state index contributed by atoms with van der Waals surface area (Å²) in [6.45, 7) is 1.89. The van der Waals surface area contributed by atoms with Crippen LogP contribution < -0.4 is 0 Å². The first-order valence-electron chi connectivity index (χ1n) is 4.89.